The van der Waals surface area contributed by atoms with Crippen molar-refractivity contribution in [3.63, 3.8) is 0 Å². The molecule has 2 aromatic heterocycles. The smallest absolute Gasteiger partial charge is 0.272 e. The number of carbonyl (C=O) groups excluding carboxylic acids is 1. The maximum Gasteiger partial charge on any atom is 0.272 e. The molecular formula is C23H29N3O3. The van der Waals surface area contributed by atoms with E-state index >= 15 is 0 Å². The van der Waals surface area contributed by atoms with E-state index < -0.39 is 0 Å². The molecule has 2 fully saturated rings. The number of piperidine rings is 1. The van der Waals surface area contributed by atoms with Gasteiger partial charge in [-0.2, -0.15) is 0 Å². The SMILES string of the molecule is CCOC1CC(c2cccnc2)OC2(CCN(C(=O)c3cccc(C)n3)CC2)C1. The summed E-state index contributed by atoms with van der Waals surface area (Å²) in [4.78, 5) is 23.4. The molecule has 6 heteroatoms. The molecule has 4 rings (SSSR count). The van der Waals surface area contributed by atoms with E-state index in [0.717, 1.165) is 36.9 Å². The van der Waals surface area contributed by atoms with Crippen LogP contribution in [0.25, 0.3) is 0 Å². The van der Waals surface area contributed by atoms with Crippen LogP contribution in [0.2, 0.25) is 0 Å². The fourth-order valence-corrected chi connectivity index (χ4v) is 4.53. The number of carbonyl (C=O) groups is 1. The van der Waals surface area contributed by atoms with Crippen LogP contribution in [-0.2, 0) is 9.47 Å². The maximum atomic E-state index is 12.9. The number of hydrogen-bond acceptors (Lipinski definition) is 5. The highest BCUT2D eigenvalue weighted by atomic mass is 16.5. The van der Waals surface area contributed by atoms with Crippen LogP contribution in [0.5, 0.6) is 0 Å². The number of nitrogens with zero attached hydrogens (tertiary/aromatic N) is 3. The normalized spacial score (nSPS) is 23.9. The quantitative estimate of drug-likeness (QED) is 0.789. The summed E-state index contributed by atoms with van der Waals surface area (Å²) in [7, 11) is 0. The summed E-state index contributed by atoms with van der Waals surface area (Å²) in [6.07, 6.45) is 7.16. The van der Waals surface area contributed by atoms with Crippen LogP contribution in [0.1, 0.15) is 60.5 Å². The van der Waals surface area contributed by atoms with E-state index in [-0.39, 0.29) is 23.7 Å². The number of hydrogen-bond donors (Lipinski definition) is 0. The predicted molar refractivity (Wildman–Crippen MR) is 110 cm³/mol. The van der Waals surface area contributed by atoms with Gasteiger partial charge in [0.1, 0.15) is 5.69 Å². The van der Waals surface area contributed by atoms with Crippen LogP contribution >= 0.6 is 0 Å². The molecule has 1 spiro atoms. The van der Waals surface area contributed by atoms with Crippen molar-refractivity contribution in [2.24, 2.45) is 0 Å². The Morgan fingerprint density at radius 3 is 2.79 bits per heavy atom. The molecule has 2 aliphatic rings. The highest BCUT2D eigenvalue weighted by Crippen LogP contribution is 2.43. The molecule has 0 aliphatic carbocycles. The van der Waals surface area contributed by atoms with Crippen LogP contribution in [0, 0.1) is 6.92 Å². The lowest BCUT2D eigenvalue weighted by Gasteiger charge is -2.48. The second kappa shape index (κ2) is 8.59. The Labute approximate surface area is 172 Å². The zero-order valence-electron chi connectivity index (χ0n) is 17.2. The van der Waals surface area contributed by atoms with Crippen LogP contribution < -0.4 is 0 Å². The lowest BCUT2D eigenvalue weighted by Crippen LogP contribution is -2.52. The molecule has 6 nitrogen and oxygen atoms in total. The standard InChI is InChI=1S/C23H29N3O3/c1-3-28-19-14-21(18-7-5-11-24-16-18)29-23(15-19)9-12-26(13-10-23)22(27)20-8-4-6-17(2)25-20/h4-8,11,16,19,21H,3,9-10,12-15H2,1-2H3. The Kier molecular flexibility index (Phi) is 5.92. The van der Waals surface area contributed by atoms with E-state index in [9.17, 15) is 4.79 Å². The summed E-state index contributed by atoms with van der Waals surface area (Å²) >= 11 is 0. The fraction of sp³-hybridized carbons (Fsp3) is 0.522. The van der Waals surface area contributed by atoms with Gasteiger partial charge < -0.3 is 14.4 Å². The molecule has 1 amide bonds. The molecule has 2 aliphatic heterocycles. The van der Waals surface area contributed by atoms with E-state index in [2.05, 4.69) is 16.0 Å². The molecule has 0 saturated carbocycles. The minimum absolute atomic E-state index is 0.00419. The van der Waals surface area contributed by atoms with E-state index in [0.29, 0.717) is 25.4 Å². The zero-order valence-corrected chi connectivity index (χ0v) is 17.2. The second-order valence-electron chi connectivity index (χ2n) is 8.05. The van der Waals surface area contributed by atoms with Crippen LogP contribution in [0.15, 0.2) is 42.7 Å². The first-order valence-electron chi connectivity index (χ1n) is 10.5. The summed E-state index contributed by atoms with van der Waals surface area (Å²) in [5, 5.41) is 0. The van der Waals surface area contributed by atoms with Gasteiger partial charge in [-0.25, -0.2) is 4.98 Å². The molecule has 154 valence electrons. The third kappa shape index (κ3) is 4.49. The molecule has 0 radical (unpaired) electrons. The molecule has 2 saturated heterocycles. The van der Waals surface area contributed by atoms with Gasteiger partial charge in [0.2, 0.25) is 0 Å². The van der Waals surface area contributed by atoms with Crippen molar-refractivity contribution in [3.05, 3.63) is 59.7 Å². The third-order valence-corrected chi connectivity index (χ3v) is 6.00. The first-order valence-corrected chi connectivity index (χ1v) is 10.5. The van der Waals surface area contributed by atoms with Gasteiger partial charge >= 0.3 is 0 Å². The van der Waals surface area contributed by atoms with Crippen molar-refractivity contribution in [2.75, 3.05) is 19.7 Å². The summed E-state index contributed by atoms with van der Waals surface area (Å²) in [6.45, 7) is 5.99. The molecule has 29 heavy (non-hydrogen) atoms. The number of aryl methyl sites for hydroxylation is 1. The Hall–Kier alpha value is -2.31. The molecule has 0 aromatic carbocycles. The van der Waals surface area contributed by atoms with Gasteiger partial charge in [0.05, 0.1) is 17.8 Å². The third-order valence-electron chi connectivity index (χ3n) is 6.00. The monoisotopic (exact) mass is 395 g/mol. The van der Waals surface area contributed by atoms with Crippen molar-refractivity contribution in [3.8, 4) is 0 Å². The van der Waals surface area contributed by atoms with Gasteiger partial charge in [0.15, 0.2) is 0 Å². The van der Waals surface area contributed by atoms with E-state index in [4.69, 9.17) is 9.47 Å². The van der Waals surface area contributed by atoms with Crippen molar-refractivity contribution < 1.29 is 14.3 Å². The molecular weight excluding hydrogens is 366 g/mol. The highest BCUT2D eigenvalue weighted by Gasteiger charge is 2.45. The van der Waals surface area contributed by atoms with Gasteiger partial charge in [-0.15, -0.1) is 0 Å². The Bertz CT molecular complexity index is 834. The summed E-state index contributed by atoms with van der Waals surface area (Å²) in [5.41, 5.74) is 2.22. The molecule has 2 aromatic rings. The van der Waals surface area contributed by atoms with E-state index in [1.807, 2.05) is 43.1 Å². The Morgan fingerprint density at radius 2 is 2.10 bits per heavy atom. The van der Waals surface area contributed by atoms with Crippen LogP contribution in [0.3, 0.4) is 0 Å². The van der Waals surface area contributed by atoms with Crippen molar-refractivity contribution in [1.82, 2.24) is 14.9 Å². The average molecular weight is 396 g/mol. The summed E-state index contributed by atoms with van der Waals surface area (Å²) in [6, 6.07) is 9.61. The maximum absolute atomic E-state index is 12.9. The lowest BCUT2D eigenvalue weighted by molar-refractivity contribution is -0.190. The van der Waals surface area contributed by atoms with Crippen molar-refractivity contribution in [2.45, 2.75) is 57.3 Å². The zero-order chi connectivity index (χ0) is 20.3. The van der Waals surface area contributed by atoms with Crippen LogP contribution in [0.4, 0.5) is 0 Å². The molecule has 2 unspecified atom stereocenters. The fourth-order valence-electron chi connectivity index (χ4n) is 4.53. The van der Waals surface area contributed by atoms with E-state index in [1.54, 1.807) is 12.3 Å². The van der Waals surface area contributed by atoms with Crippen LogP contribution in [-0.4, -0.2) is 52.2 Å². The first-order chi connectivity index (χ1) is 14.1. The minimum atomic E-state index is -0.255. The Morgan fingerprint density at radius 1 is 1.28 bits per heavy atom. The molecule has 0 bridgehead atoms. The summed E-state index contributed by atoms with van der Waals surface area (Å²) < 4.78 is 12.7. The van der Waals surface area contributed by atoms with Gasteiger partial charge in [-0.05, 0) is 50.5 Å². The van der Waals surface area contributed by atoms with E-state index in [1.165, 1.54) is 0 Å². The number of ether oxygens (including phenoxy) is 2. The average Bonchev–Trinajstić information content (AvgIpc) is 2.74. The number of rotatable bonds is 4. The molecule has 4 heterocycles. The Balaban J connectivity index is 1.47. The number of amides is 1. The molecule has 2 atom stereocenters. The summed E-state index contributed by atoms with van der Waals surface area (Å²) in [5.74, 6) is 0.00419. The molecule has 0 N–H and O–H groups in total. The lowest BCUT2D eigenvalue weighted by atomic mass is 9.81. The number of likely N-dealkylation sites (tertiary alicyclic amines) is 1. The van der Waals surface area contributed by atoms with Crippen molar-refractivity contribution >= 4 is 5.91 Å². The van der Waals surface area contributed by atoms with Gasteiger partial charge in [0.25, 0.3) is 5.91 Å². The number of pyridine rings is 2. The van der Waals surface area contributed by atoms with Crippen molar-refractivity contribution in [1.29, 1.82) is 0 Å². The number of aromatic nitrogens is 2. The largest absolute Gasteiger partial charge is 0.378 e. The highest BCUT2D eigenvalue weighted by molar-refractivity contribution is 5.92. The van der Waals surface area contributed by atoms with Gasteiger partial charge in [-0.1, -0.05) is 12.1 Å². The first kappa shape index (κ1) is 20.0. The van der Waals surface area contributed by atoms with Gasteiger partial charge in [0, 0.05) is 50.6 Å². The second-order valence-corrected chi connectivity index (χ2v) is 8.05. The minimum Gasteiger partial charge on any atom is -0.378 e. The topological polar surface area (TPSA) is 64.6 Å². The van der Waals surface area contributed by atoms with Gasteiger partial charge in [-0.3, -0.25) is 9.78 Å². The predicted octanol–water partition coefficient (Wildman–Crippen LogP) is 3.72.